The lowest BCUT2D eigenvalue weighted by Gasteiger charge is -2.04. The maximum atomic E-state index is 10.5. The minimum atomic E-state index is -0.449. The normalized spacial score (nSPS) is 9.73. The van der Waals surface area contributed by atoms with Crippen LogP contribution in [0, 0.1) is 17.0 Å². The van der Waals surface area contributed by atoms with E-state index in [0.717, 1.165) is 4.48 Å². The fourth-order valence-corrected chi connectivity index (χ4v) is 1.16. The Morgan fingerprint density at radius 2 is 2.47 bits per heavy atom. The summed E-state index contributed by atoms with van der Waals surface area (Å²) in [5.74, 6) is 0.596. The molecule has 0 bridgehead atoms. The van der Waals surface area contributed by atoms with E-state index >= 15 is 0 Å². The molecule has 0 amide bonds. The average molecular weight is 272 g/mol. The minimum Gasteiger partial charge on any atom is -0.365 e. The number of aromatic nitrogens is 1. The molecule has 1 heterocycles. The number of rotatable bonds is 4. The molecule has 5 nitrogen and oxygen atoms in total. The van der Waals surface area contributed by atoms with Crippen molar-refractivity contribution in [2.45, 2.75) is 6.92 Å². The smallest absolute Gasteiger partial charge is 0.290 e. The minimum absolute atomic E-state index is 0.0261. The van der Waals surface area contributed by atoms with Gasteiger partial charge in [0.2, 0.25) is 0 Å². The van der Waals surface area contributed by atoms with Crippen LogP contribution < -0.4 is 5.32 Å². The number of nitro groups is 1. The molecule has 0 saturated heterocycles. The molecular formula is C9H10BrN3O2. The van der Waals surface area contributed by atoms with Crippen LogP contribution in [0.1, 0.15) is 5.56 Å². The number of nitrogens with zero attached hydrogens (tertiary/aromatic N) is 2. The summed E-state index contributed by atoms with van der Waals surface area (Å²) in [5, 5.41) is 13.5. The first-order valence-electron chi connectivity index (χ1n) is 4.19. The average Bonchev–Trinajstić information content (AvgIpc) is 2.14. The third-order valence-electron chi connectivity index (χ3n) is 1.74. The Balaban J connectivity index is 2.82. The molecule has 0 saturated carbocycles. The van der Waals surface area contributed by atoms with Crippen LogP contribution in [0.2, 0.25) is 0 Å². The fraction of sp³-hybridized carbons (Fsp3) is 0.222. The van der Waals surface area contributed by atoms with E-state index in [0.29, 0.717) is 17.9 Å². The molecule has 6 heteroatoms. The van der Waals surface area contributed by atoms with Crippen LogP contribution >= 0.6 is 15.9 Å². The highest BCUT2D eigenvalue weighted by Crippen LogP contribution is 2.18. The van der Waals surface area contributed by atoms with Gasteiger partial charge in [0.1, 0.15) is 12.0 Å². The summed E-state index contributed by atoms with van der Waals surface area (Å²) < 4.78 is 0.792. The molecule has 0 aliphatic heterocycles. The van der Waals surface area contributed by atoms with E-state index in [4.69, 9.17) is 0 Å². The Kier molecular flexibility index (Phi) is 3.79. The summed E-state index contributed by atoms with van der Waals surface area (Å²) in [4.78, 5) is 14.0. The van der Waals surface area contributed by atoms with Gasteiger partial charge in [0, 0.05) is 16.6 Å². The first-order chi connectivity index (χ1) is 7.00. The molecule has 80 valence electrons. The van der Waals surface area contributed by atoms with Crippen LogP contribution in [-0.2, 0) is 0 Å². The zero-order valence-electron chi connectivity index (χ0n) is 8.16. The fourth-order valence-electron chi connectivity index (χ4n) is 1.02. The summed E-state index contributed by atoms with van der Waals surface area (Å²) in [6.07, 6.45) is 1.24. The Morgan fingerprint density at radius 3 is 2.93 bits per heavy atom. The lowest BCUT2D eigenvalue weighted by molar-refractivity contribution is -0.385. The maximum Gasteiger partial charge on any atom is 0.290 e. The van der Waals surface area contributed by atoms with Crippen LogP contribution in [0.15, 0.2) is 23.3 Å². The summed E-state index contributed by atoms with van der Waals surface area (Å²) in [6, 6.07) is 1.63. The van der Waals surface area contributed by atoms with E-state index in [-0.39, 0.29) is 5.69 Å². The van der Waals surface area contributed by atoms with E-state index in [1.54, 1.807) is 13.0 Å². The van der Waals surface area contributed by atoms with E-state index < -0.39 is 4.92 Å². The second-order valence-electron chi connectivity index (χ2n) is 2.98. The number of nitrogens with one attached hydrogen (secondary N) is 1. The van der Waals surface area contributed by atoms with E-state index in [1.165, 1.54) is 6.20 Å². The van der Waals surface area contributed by atoms with Gasteiger partial charge in [-0.15, -0.1) is 0 Å². The predicted molar refractivity (Wildman–Crippen MR) is 62.2 cm³/mol. The standard InChI is InChI=1S/C9H10BrN3O2/c1-6-3-9(11-4-7(2)10)12-5-8(6)13(14)15/h3,5H,2,4H2,1H3,(H,11,12). The highest BCUT2D eigenvalue weighted by molar-refractivity contribution is 9.11. The maximum absolute atomic E-state index is 10.5. The highest BCUT2D eigenvalue weighted by atomic mass is 79.9. The molecule has 0 radical (unpaired) electrons. The van der Waals surface area contributed by atoms with Gasteiger partial charge in [-0.05, 0) is 13.0 Å². The van der Waals surface area contributed by atoms with Crippen molar-refractivity contribution < 1.29 is 4.92 Å². The lowest BCUT2D eigenvalue weighted by Crippen LogP contribution is -2.03. The Morgan fingerprint density at radius 1 is 1.80 bits per heavy atom. The van der Waals surface area contributed by atoms with Gasteiger partial charge in [-0.1, -0.05) is 22.5 Å². The number of aryl methyl sites for hydroxylation is 1. The Labute approximate surface area is 95.5 Å². The number of pyridine rings is 1. The number of hydrogen-bond acceptors (Lipinski definition) is 4. The van der Waals surface area contributed by atoms with Gasteiger partial charge in [0.15, 0.2) is 0 Å². The second-order valence-corrected chi connectivity index (χ2v) is 4.11. The summed E-state index contributed by atoms with van der Waals surface area (Å²) >= 11 is 3.20. The number of anilines is 1. The van der Waals surface area contributed by atoms with Gasteiger partial charge >= 0.3 is 0 Å². The molecular weight excluding hydrogens is 262 g/mol. The quantitative estimate of drug-likeness (QED) is 0.675. The molecule has 0 unspecified atom stereocenters. The van der Waals surface area contributed by atoms with Gasteiger partial charge in [0.05, 0.1) is 4.92 Å². The van der Waals surface area contributed by atoms with Crippen molar-refractivity contribution >= 4 is 27.4 Å². The number of hydrogen-bond donors (Lipinski definition) is 1. The van der Waals surface area contributed by atoms with E-state index in [9.17, 15) is 10.1 Å². The molecule has 1 N–H and O–H groups in total. The first kappa shape index (κ1) is 11.6. The van der Waals surface area contributed by atoms with Crippen molar-refractivity contribution in [3.8, 4) is 0 Å². The Bertz CT molecular complexity index is 406. The summed E-state index contributed by atoms with van der Waals surface area (Å²) in [5.41, 5.74) is 0.607. The Hall–Kier alpha value is -1.43. The van der Waals surface area contributed by atoms with Crippen LogP contribution in [0.4, 0.5) is 11.5 Å². The van der Waals surface area contributed by atoms with Crippen molar-refractivity contribution in [2.75, 3.05) is 11.9 Å². The highest BCUT2D eigenvalue weighted by Gasteiger charge is 2.10. The zero-order chi connectivity index (χ0) is 11.4. The molecule has 0 aliphatic carbocycles. The van der Waals surface area contributed by atoms with Crippen LogP contribution in [-0.4, -0.2) is 16.5 Å². The third-order valence-corrected chi connectivity index (χ3v) is 2.02. The van der Waals surface area contributed by atoms with Gasteiger partial charge in [0.25, 0.3) is 5.69 Å². The molecule has 0 spiro atoms. The molecule has 0 aliphatic rings. The van der Waals surface area contributed by atoms with Crippen molar-refractivity contribution in [1.82, 2.24) is 4.98 Å². The summed E-state index contributed by atoms with van der Waals surface area (Å²) in [6.45, 7) is 5.86. The molecule has 0 aromatic carbocycles. The molecule has 0 atom stereocenters. The molecule has 15 heavy (non-hydrogen) atoms. The molecule has 0 fully saturated rings. The van der Waals surface area contributed by atoms with Gasteiger partial charge in [-0.3, -0.25) is 10.1 Å². The van der Waals surface area contributed by atoms with Gasteiger partial charge < -0.3 is 5.32 Å². The topological polar surface area (TPSA) is 68.1 Å². The van der Waals surface area contributed by atoms with Crippen LogP contribution in [0.25, 0.3) is 0 Å². The lowest BCUT2D eigenvalue weighted by atomic mass is 10.2. The van der Waals surface area contributed by atoms with Gasteiger partial charge in [-0.25, -0.2) is 4.98 Å². The SMILES string of the molecule is C=C(Br)CNc1cc(C)c([N+](=O)[O-])cn1. The van der Waals surface area contributed by atoms with Crippen molar-refractivity contribution in [2.24, 2.45) is 0 Å². The second kappa shape index (κ2) is 4.88. The molecule has 1 aromatic heterocycles. The van der Waals surface area contributed by atoms with E-state index in [1.807, 2.05) is 0 Å². The van der Waals surface area contributed by atoms with Crippen LogP contribution in [0.5, 0.6) is 0 Å². The van der Waals surface area contributed by atoms with Crippen molar-refractivity contribution in [3.05, 3.63) is 39.0 Å². The van der Waals surface area contributed by atoms with Crippen molar-refractivity contribution in [3.63, 3.8) is 0 Å². The van der Waals surface area contributed by atoms with Crippen molar-refractivity contribution in [1.29, 1.82) is 0 Å². The monoisotopic (exact) mass is 271 g/mol. The number of halogens is 1. The third kappa shape index (κ3) is 3.32. The molecule has 1 aromatic rings. The zero-order valence-corrected chi connectivity index (χ0v) is 9.74. The molecule has 1 rings (SSSR count). The largest absolute Gasteiger partial charge is 0.365 e. The van der Waals surface area contributed by atoms with Gasteiger partial charge in [-0.2, -0.15) is 0 Å². The summed E-state index contributed by atoms with van der Waals surface area (Å²) in [7, 11) is 0. The first-order valence-corrected chi connectivity index (χ1v) is 4.98. The van der Waals surface area contributed by atoms with Crippen LogP contribution in [0.3, 0.4) is 0 Å². The van der Waals surface area contributed by atoms with E-state index in [2.05, 4.69) is 32.8 Å². The predicted octanol–water partition coefficient (Wildman–Crippen LogP) is 2.62.